The topological polar surface area (TPSA) is 48.5 Å². The number of benzene rings is 1. The van der Waals surface area contributed by atoms with E-state index in [1.807, 2.05) is 17.7 Å². The van der Waals surface area contributed by atoms with Crippen molar-refractivity contribution in [3.63, 3.8) is 0 Å². The monoisotopic (exact) mass is 311 g/mol. The molecular weight excluding hydrogens is 294 g/mol. The maximum Gasteiger partial charge on any atom is 0.191 e. The summed E-state index contributed by atoms with van der Waals surface area (Å²) in [7, 11) is 1.97. The van der Waals surface area contributed by atoms with Gasteiger partial charge in [0.2, 0.25) is 0 Å². The van der Waals surface area contributed by atoms with E-state index in [-0.39, 0.29) is 0 Å². The van der Waals surface area contributed by atoms with Crippen LogP contribution in [-0.4, -0.2) is 24.5 Å². The fourth-order valence-electron chi connectivity index (χ4n) is 2.95. The molecule has 0 aliphatic heterocycles. The van der Waals surface area contributed by atoms with Crippen LogP contribution < -0.4 is 0 Å². The minimum absolute atomic E-state index is 0.842. The standard InChI is InChI=1S/C16H17N5S/c1-20-11-17-18-16(20)22-10-14-13-8-5-9-15(13)21(19-14)12-6-3-2-4-7-12/h2-4,6-7,11H,5,8-10H2,1H3. The third kappa shape index (κ3) is 2.33. The van der Waals surface area contributed by atoms with Gasteiger partial charge in [0.25, 0.3) is 0 Å². The third-order valence-corrected chi connectivity index (χ3v) is 5.07. The van der Waals surface area contributed by atoms with Gasteiger partial charge >= 0.3 is 0 Å². The van der Waals surface area contributed by atoms with Crippen LogP contribution in [-0.2, 0) is 25.6 Å². The number of aryl methyl sites for hydroxylation is 1. The van der Waals surface area contributed by atoms with Crippen molar-refractivity contribution in [3.8, 4) is 5.69 Å². The molecule has 6 heteroatoms. The van der Waals surface area contributed by atoms with Crippen LogP contribution in [0, 0.1) is 0 Å². The Kier molecular flexibility index (Phi) is 3.46. The van der Waals surface area contributed by atoms with Crippen LogP contribution in [0.4, 0.5) is 0 Å². The van der Waals surface area contributed by atoms with Crippen LogP contribution in [0.1, 0.15) is 23.4 Å². The van der Waals surface area contributed by atoms with Gasteiger partial charge in [-0.05, 0) is 37.0 Å². The average Bonchev–Trinajstić information content (AvgIpc) is 3.23. The zero-order valence-electron chi connectivity index (χ0n) is 12.4. The summed E-state index contributed by atoms with van der Waals surface area (Å²) in [6, 6.07) is 10.4. The van der Waals surface area contributed by atoms with Gasteiger partial charge in [0, 0.05) is 18.5 Å². The highest BCUT2D eigenvalue weighted by Gasteiger charge is 2.23. The lowest BCUT2D eigenvalue weighted by molar-refractivity contribution is 0.768. The number of fused-ring (bicyclic) bond motifs is 1. The summed E-state index contributed by atoms with van der Waals surface area (Å²) < 4.78 is 4.06. The summed E-state index contributed by atoms with van der Waals surface area (Å²) in [5, 5.41) is 13.9. The van der Waals surface area contributed by atoms with Crippen molar-refractivity contribution < 1.29 is 0 Å². The summed E-state index contributed by atoms with van der Waals surface area (Å²) in [5.41, 5.74) is 5.14. The second-order valence-corrected chi connectivity index (χ2v) is 6.43. The summed E-state index contributed by atoms with van der Waals surface area (Å²) in [6.45, 7) is 0. The molecule has 22 heavy (non-hydrogen) atoms. The normalized spacial score (nSPS) is 13.5. The van der Waals surface area contributed by atoms with E-state index in [1.54, 1.807) is 18.1 Å². The summed E-state index contributed by atoms with van der Waals surface area (Å²) in [4.78, 5) is 0. The van der Waals surface area contributed by atoms with E-state index in [0.29, 0.717) is 0 Å². The molecule has 112 valence electrons. The van der Waals surface area contributed by atoms with Gasteiger partial charge in [-0.3, -0.25) is 0 Å². The number of para-hydroxylation sites is 1. The van der Waals surface area contributed by atoms with Gasteiger partial charge < -0.3 is 4.57 Å². The van der Waals surface area contributed by atoms with Crippen molar-refractivity contribution in [2.45, 2.75) is 30.2 Å². The third-order valence-electron chi connectivity index (χ3n) is 4.02. The van der Waals surface area contributed by atoms with Gasteiger partial charge in [0.05, 0.1) is 11.4 Å². The van der Waals surface area contributed by atoms with E-state index in [4.69, 9.17) is 5.10 Å². The van der Waals surface area contributed by atoms with E-state index >= 15 is 0 Å². The first kappa shape index (κ1) is 13.6. The molecule has 0 amide bonds. The van der Waals surface area contributed by atoms with Crippen molar-refractivity contribution >= 4 is 11.8 Å². The van der Waals surface area contributed by atoms with Crippen LogP contribution >= 0.6 is 11.8 Å². The number of thioether (sulfide) groups is 1. The molecule has 4 rings (SSSR count). The smallest absolute Gasteiger partial charge is 0.191 e. The van der Waals surface area contributed by atoms with Gasteiger partial charge in [-0.25, -0.2) is 4.68 Å². The van der Waals surface area contributed by atoms with Gasteiger partial charge in [-0.2, -0.15) is 5.10 Å². The van der Waals surface area contributed by atoms with Crippen LogP contribution in [0.25, 0.3) is 5.69 Å². The maximum absolute atomic E-state index is 4.87. The summed E-state index contributed by atoms with van der Waals surface area (Å²) in [5.74, 6) is 0.842. The molecular formula is C16H17N5S. The van der Waals surface area contributed by atoms with E-state index in [2.05, 4.69) is 39.1 Å². The van der Waals surface area contributed by atoms with Crippen LogP contribution in [0.2, 0.25) is 0 Å². The van der Waals surface area contributed by atoms with E-state index in [0.717, 1.165) is 29.4 Å². The lowest BCUT2D eigenvalue weighted by Crippen LogP contribution is -2.01. The number of nitrogens with zero attached hydrogens (tertiary/aromatic N) is 5. The molecule has 0 radical (unpaired) electrons. The molecule has 1 aromatic carbocycles. The zero-order valence-corrected chi connectivity index (χ0v) is 13.3. The fraction of sp³-hybridized carbons (Fsp3) is 0.312. The highest BCUT2D eigenvalue weighted by Crippen LogP contribution is 2.31. The zero-order chi connectivity index (χ0) is 14.9. The molecule has 0 saturated heterocycles. The summed E-state index contributed by atoms with van der Waals surface area (Å²) >= 11 is 1.69. The highest BCUT2D eigenvalue weighted by molar-refractivity contribution is 7.98. The number of hydrogen-bond donors (Lipinski definition) is 0. The lowest BCUT2D eigenvalue weighted by Gasteiger charge is -2.04. The Morgan fingerprint density at radius 1 is 1.18 bits per heavy atom. The largest absolute Gasteiger partial charge is 0.312 e. The van der Waals surface area contributed by atoms with Gasteiger partial charge in [0.1, 0.15) is 6.33 Å². The molecule has 0 unspecified atom stereocenters. The molecule has 3 aromatic rings. The molecule has 0 bridgehead atoms. The van der Waals surface area contributed by atoms with Crippen molar-refractivity contribution in [1.82, 2.24) is 24.5 Å². The number of aromatic nitrogens is 5. The molecule has 1 aliphatic rings. The Balaban J connectivity index is 1.65. The van der Waals surface area contributed by atoms with Gasteiger partial charge in [0.15, 0.2) is 5.16 Å². The van der Waals surface area contributed by atoms with Crippen molar-refractivity contribution in [2.24, 2.45) is 7.05 Å². The second-order valence-electron chi connectivity index (χ2n) is 5.49. The SMILES string of the molecule is Cn1cnnc1SCc1nn(-c2ccccc2)c2c1CCC2. The van der Waals surface area contributed by atoms with Gasteiger partial charge in [-0.15, -0.1) is 10.2 Å². The molecule has 0 N–H and O–H groups in total. The Hall–Kier alpha value is -2.08. The van der Waals surface area contributed by atoms with Crippen molar-refractivity contribution in [1.29, 1.82) is 0 Å². The molecule has 0 fully saturated rings. The lowest BCUT2D eigenvalue weighted by atomic mass is 10.2. The van der Waals surface area contributed by atoms with Crippen molar-refractivity contribution in [2.75, 3.05) is 0 Å². The van der Waals surface area contributed by atoms with Crippen molar-refractivity contribution in [3.05, 3.63) is 53.6 Å². The Labute approximate surface area is 133 Å². The summed E-state index contributed by atoms with van der Waals surface area (Å²) in [6.07, 6.45) is 5.21. The quantitative estimate of drug-likeness (QED) is 0.695. The number of hydrogen-bond acceptors (Lipinski definition) is 4. The molecule has 0 spiro atoms. The molecule has 1 aliphatic carbocycles. The first-order valence-electron chi connectivity index (χ1n) is 7.45. The maximum atomic E-state index is 4.87. The van der Waals surface area contributed by atoms with E-state index in [9.17, 15) is 0 Å². The minimum atomic E-state index is 0.842. The Morgan fingerprint density at radius 2 is 2.05 bits per heavy atom. The van der Waals surface area contributed by atoms with E-state index in [1.165, 1.54) is 23.4 Å². The Morgan fingerprint density at radius 3 is 2.82 bits per heavy atom. The predicted octanol–water partition coefficient (Wildman–Crippen LogP) is 2.78. The first-order valence-corrected chi connectivity index (χ1v) is 8.43. The first-order chi connectivity index (χ1) is 10.8. The minimum Gasteiger partial charge on any atom is -0.312 e. The van der Waals surface area contributed by atoms with Crippen LogP contribution in [0.15, 0.2) is 41.8 Å². The van der Waals surface area contributed by atoms with Gasteiger partial charge in [-0.1, -0.05) is 30.0 Å². The van der Waals surface area contributed by atoms with Crippen LogP contribution in [0.5, 0.6) is 0 Å². The molecule has 0 saturated carbocycles. The molecule has 0 atom stereocenters. The van der Waals surface area contributed by atoms with E-state index < -0.39 is 0 Å². The molecule has 5 nitrogen and oxygen atoms in total. The predicted molar refractivity (Wildman–Crippen MR) is 86.2 cm³/mol. The molecule has 2 aromatic heterocycles. The highest BCUT2D eigenvalue weighted by atomic mass is 32.2. The Bertz CT molecular complexity index is 790. The molecule has 2 heterocycles. The van der Waals surface area contributed by atoms with Crippen LogP contribution in [0.3, 0.4) is 0 Å². The second kappa shape index (κ2) is 5.61. The fourth-order valence-corrected chi connectivity index (χ4v) is 3.80. The average molecular weight is 311 g/mol. The number of rotatable bonds is 4.